The van der Waals surface area contributed by atoms with Crippen LogP contribution in [0.5, 0.6) is 0 Å². The van der Waals surface area contributed by atoms with Crippen molar-refractivity contribution in [3.63, 3.8) is 0 Å². The van der Waals surface area contributed by atoms with Gasteiger partial charge in [-0.1, -0.05) is 137 Å². The number of piperidine rings is 2. The van der Waals surface area contributed by atoms with Crippen LogP contribution in [0, 0.1) is 17.3 Å². The van der Waals surface area contributed by atoms with E-state index in [0.29, 0.717) is 64.5 Å². The number of carbonyl (C=O) groups excluding carboxylic acids is 14. The summed E-state index contributed by atoms with van der Waals surface area (Å²) in [6, 6.07) is 26.4. The summed E-state index contributed by atoms with van der Waals surface area (Å²) in [5.74, 6) is -6.18. The number of benzene rings is 4. The van der Waals surface area contributed by atoms with Crippen LogP contribution in [0.3, 0.4) is 0 Å². The van der Waals surface area contributed by atoms with E-state index in [1.165, 1.54) is 14.2 Å². The standard InChI is InChI=1S/C49H72N6O10.C41H59N5O9.C12H22N2O4.CH3F/c1-32(2)28-37(39(56)51-36(22-16-17-25-50-44(61)64-46(3,4)5)41(58)55-26-23-48(9,24-27-55)43(60)63-10)52-40(57)38(29-33-18-12-11-13-19-33)53-42(59)49(54-45(62)65-47(6,7)8)30-34-20-14-15-21-35(34)31-49;1-26(2)22-31(33(47)43-30(35(49)50)20-14-15-21-42-37(52)54-39(3,4)5)44-34(48)32(23-27-16-10-9-11-17-27)45-36(51)41(46-38(53)55-40(6,7)8)24-28-18-12-13-19-29(28)25-41;1-11(2,3)18-10(16)14-12(9(15)17-4)5-7-13-8-6-12;1-2/h11-15,18-21,32,36-38H,16-17,22-31H2,1-10H3,(H,50,61)(H,51,56)(H,52,57)(H,53,59)(H,54,62);9-13,16-19,26,30-32H,14-15,20-25H2,1-8H3,(H,42,52)(H,43,47)(H,44,48)(H,45,51)(H,46,53)(H,49,50);13H,5-8H2,1-4H3,(H,14,16);1H3/t36-,37?,38-;30-,31?,32-;;/m11../s1/i;;;1D. The summed E-state index contributed by atoms with van der Waals surface area (Å²) in [7, 11) is 1.66. The fraction of sp³-hybridized carbons (Fsp3) is 0.621. The Kier molecular flexibility index (Phi) is 44.9. The smallest absolute Gasteiger partial charge is 0.408 e. The highest BCUT2D eigenvalue weighted by Crippen LogP contribution is 2.36. The third kappa shape index (κ3) is 40.6. The monoisotopic (exact) mass is 1960 g/mol. The van der Waals surface area contributed by atoms with Gasteiger partial charge in [-0.15, -0.1) is 0 Å². The molecule has 37 heteroatoms. The Hall–Kier alpha value is -12.2. The minimum Gasteiger partial charge on any atom is -0.480 e. The number of methoxy groups -OCH3 is 2. The van der Waals surface area contributed by atoms with Gasteiger partial charge in [0.1, 0.15) is 80.9 Å². The van der Waals surface area contributed by atoms with E-state index in [2.05, 4.69) is 63.8 Å². The van der Waals surface area contributed by atoms with Gasteiger partial charge in [0.25, 0.3) is 0 Å². The minimum atomic E-state index is -1.48. The molecule has 140 heavy (non-hydrogen) atoms. The number of likely N-dealkylation sites (tertiary alicyclic amines) is 1. The summed E-state index contributed by atoms with van der Waals surface area (Å²) in [5.41, 5.74) is -3.24. The largest absolute Gasteiger partial charge is 0.480 e. The molecule has 4 aromatic rings. The van der Waals surface area contributed by atoms with E-state index in [0.717, 1.165) is 33.4 Å². The lowest BCUT2D eigenvalue weighted by Gasteiger charge is -2.39. The van der Waals surface area contributed by atoms with Gasteiger partial charge >= 0.3 is 48.4 Å². The first-order chi connectivity index (χ1) is 65.8. The molecule has 778 valence electrons. The first-order valence-corrected chi connectivity index (χ1v) is 48.1. The first kappa shape index (κ1) is 117. The van der Waals surface area contributed by atoms with Crippen LogP contribution in [0.25, 0.3) is 0 Å². The topological polar surface area (TPSA) is 488 Å². The predicted octanol–water partition coefficient (Wildman–Crippen LogP) is 11.3. The molecule has 2 saturated heterocycles. The normalized spacial score (nSPS) is 16.3. The van der Waals surface area contributed by atoms with Crippen molar-refractivity contribution in [1.82, 2.24) is 68.7 Å². The molecule has 13 N–H and O–H groups in total. The van der Waals surface area contributed by atoms with Crippen LogP contribution in [-0.2, 0) is 120 Å². The Bertz CT molecular complexity index is 4750. The summed E-state index contributed by atoms with van der Waals surface area (Å²) in [4.78, 5) is 201. The fourth-order valence-corrected chi connectivity index (χ4v) is 16.3. The molecule has 2 aliphatic carbocycles. The van der Waals surface area contributed by atoms with Gasteiger partial charge in [0.05, 0.1) is 28.2 Å². The number of fused-ring (bicyclic) bond motifs is 2. The van der Waals surface area contributed by atoms with E-state index in [9.17, 15) is 81.4 Å². The lowest BCUT2D eigenvalue weighted by atomic mass is 9.80. The number of carboxylic acid groups (broad SMARTS) is 1. The lowest BCUT2D eigenvalue weighted by Crippen LogP contribution is -2.64. The van der Waals surface area contributed by atoms with E-state index < -0.39 is 171 Å². The molecule has 0 saturated carbocycles. The molecule has 4 aliphatic rings. The predicted molar refractivity (Wildman–Crippen MR) is 526 cm³/mol. The number of nitrogens with one attached hydrogen (secondary N) is 12. The van der Waals surface area contributed by atoms with Gasteiger partial charge in [0, 0.05) is 64.7 Å². The summed E-state index contributed by atoms with van der Waals surface area (Å²) in [6.45, 7) is 38.0. The number of nitrogens with zero attached hydrogens (tertiary/aromatic N) is 1. The zero-order valence-corrected chi connectivity index (χ0v) is 85.9. The molecule has 0 radical (unpaired) electrons. The van der Waals surface area contributed by atoms with Crippen molar-refractivity contribution in [3.8, 4) is 0 Å². The molecule has 0 bridgehead atoms. The van der Waals surface area contributed by atoms with Crippen molar-refractivity contribution < 1.29 is 116 Å². The van der Waals surface area contributed by atoms with Gasteiger partial charge < -0.3 is 107 Å². The molecule has 36 nitrogen and oxygen atoms in total. The Balaban J connectivity index is 0.000000415. The summed E-state index contributed by atoms with van der Waals surface area (Å²) < 4.78 is 52.2. The third-order valence-electron chi connectivity index (χ3n) is 23.1. The van der Waals surface area contributed by atoms with Crippen LogP contribution >= 0.6 is 0 Å². The van der Waals surface area contributed by atoms with Crippen LogP contribution in [0.15, 0.2) is 109 Å². The van der Waals surface area contributed by atoms with Gasteiger partial charge in [-0.2, -0.15) is 0 Å². The molecule has 0 spiro atoms. The second-order valence-electron chi connectivity index (χ2n) is 42.1. The number of halogens is 1. The number of alkyl halides is 1. The van der Waals surface area contributed by atoms with Crippen LogP contribution in [0.2, 0.25) is 0 Å². The number of amides is 12. The Labute approximate surface area is 825 Å². The maximum absolute atomic E-state index is 14.6. The highest BCUT2D eigenvalue weighted by molar-refractivity contribution is 5.99. The molecule has 8 rings (SSSR count). The Morgan fingerprint density at radius 1 is 0.407 bits per heavy atom. The minimum absolute atomic E-state index is 0.0684. The second kappa shape index (κ2) is 54.0. The highest BCUT2D eigenvalue weighted by Gasteiger charge is 2.51. The summed E-state index contributed by atoms with van der Waals surface area (Å²) in [5, 5.41) is 43.8. The highest BCUT2D eigenvalue weighted by atomic mass is 19.1. The number of ether oxygens (including phenoxy) is 7. The number of hydrogen-bond donors (Lipinski definition) is 13. The van der Waals surface area contributed by atoms with E-state index in [4.69, 9.17) is 34.5 Å². The van der Waals surface area contributed by atoms with Crippen LogP contribution in [-0.4, -0.2) is 241 Å². The number of carbonyl (C=O) groups is 15. The zero-order valence-electron chi connectivity index (χ0n) is 86.9. The molecule has 12 amide bonds. The van der Waals surface area contributed by atoms with Crippen molar-refractivity contribution in [1.29, 1.82) is 0 Å². The van der Waals surface area contributed by atoms with Gasteiger partial charge in [-0.25, -0.2) is 33.6 Å². The molecule has 2 unspecified atom stereocenters. The maximum atomic E-state index is 14.6. The summed E-state index contributed by atoms with van der Waals surface area (Å²) >= 11 is 0. The SMILES string of the molecule is CC(C)CC(NC(=O)[C@@H](Cc1ccccc1)NC(=O)C1(NC(=O)OC(C)(C)C)Cc2ccccc2C1)C(=O)N[C@H](CCCCNC(=O)OC(C)(C)C)C(=O)O.COC(=O)C1(C)CCN(C(=O)[C@@H](CCCCNC(=O)OC(C)(C)C)NC(=O)C(CC(C)C)NC(=O)[C@@H](Cc2ccccc2)NC(=O)C2(NC(=O)OC(C)(C)C)Cc3ccccc3C2)CC1.COC(=O)C1(NC(=O)OC(C)(C)C)CCNCC1.[2H]CF. The molecule has 6 atom stereocenters. The number of rotatable bonds is 37. The number of unbranched alkanes of at least 4 members (excludes halogenated alkanes) is 2. The van der Waals surface area contributed by atoms with Crippen LogP contribution in [0.1, 0.15) is 250 Å². The number of alkyl carbamates (subject to hydrolysis) is 5. The second-order valence-corrected chi connectivity index (χ2v) is 42.1. The van der Waals surface area contributed by atoms with Crippen molar-refractivity contribution in [3.05, 3.63) is 143 Å². The van der Waals surface area contributed by atoms with Gasteiger partial charge in [0.15, 0.2) is 0 Å². The van der Waals surface area contributed by atoms with Crippen molar-refractivity contribution in [2.75, 3.05) is 60.6 Å². The average Bonchev–Trinajstić information content (AvgIpc) is 1.63. The number of hydrogen-bond acceptors (Lipinski definition) is 23. The molecule has 2 fully saturated rings. The molecular weight excluding hydrogens is 1810 g/mol. The van der Waals surface area contributed by atoms with Crippen LogP contribution < -0.4 is 63.8 Å². The fourth-order valence-electron chi connectivity index (χ4n) is 16.3. The van der Waals surface area contributed by atoms with Gasteiger partial charge in [-0.05, 0) is 246 Å². The van der Waals surface area contributed by atoms with E-state index in [1.54, 1.807) is 121 Å². The number of carboxylic acids is 1. The molecule has 4 aromatic carbocycles. The van der Waals surface area contributed by atoms with Crippen molar-refractivity contribution in [2.45, 2.75) is 335 Å². The Morgan fingerprint density at radius 3 is 1.03 bits per heavy atom. The van der Waals surface area contributed by atoms with Crippen molar-refractivity contribution >= 4 is 89.7 Å². The molecular formula is C103H156FN13O23. The van der Waals surface area contributed by atoms with E-state index >= 15 is 0 Å². The van der Waals surface area contributed by atoms with E-state index in [1.807, 2.05) is 132 Å². The third-order valence-corrected chi connectivity index (χ3v) is 23.1. The number of esters is 2. The Morgan fingerprint density at radius 2 is 0.707 bits per heavy atom. The van der Waals surface area contributed by atoms with Gasteiger partial charge in [0.2, 0.25) is 41.4 Å². The quantitative estimate of drug-likeness (QED) is 0.0113. The van der Waals surface area contributed by atoms with E-state index in [-0.39, 0.29) is 114 Å². The molecule has 2 aliphatic heterocycles. The van der Waals surface area contributed by atoms with Gasteiger partial charge in [-0.3, -0.25) is 42.7 Å². The number of aliphatic carboxylic acids is 1. The molecule has 2 heterocycles. The average molecular weight is 1960 g/mol. The first-order valence-electron chi connectivity index (χ1n) is 48.8. The lowest BCUT2D eigenvalue weighted by molar-refractivity contribution is -0.156. The zero-order chi connectivity index (χ0) is 106. The summed E-state index contributed by atoms with van der Waals surface area (Å²) in [6.07, 6.45) is 1.77. The van der Waals surface area contributed by atoms with Crippen LogP contribution in [0.4, 0.5) is 28.4 Å². The maximum Gasteiger partial charge on any atom is 0.408 e. The van der Waals surface area contributed by atoms with Crippen molar-refractivity contribution in [2.24, 2.45) is 17.3 Å². The molecule has 0 aromatic heterocycles.